The van der Waals surface area contributed by atoms with E-state index in [2.05, 4.69) is 41.5 Å². The second-order valence-corrected chi connectivity index (χ2v) is 13.8. The van der Waals surface area contributed by atoms with E-state index in [1.807, 2.05) is 0 Å². The van der Waals surface area contributed by atoms with Crippen LogP contribution in [0.15, 0.2) is 0 Å². The Morgan fingerprint density at radius 1 is 1.06 bits per heavy atom. The third-order valence-electron chi connectivity index (χ3n) is 12.0. The molecule has 182 valence electrons. The number of fused-ring (bicyclic) bond motifs is 5. The number of carbonyl (C=O) groups excluding carboxylic acids is 1. The van der Waals surface area contributed by atoms with Gasteiger partial charge < -0.3 is 14.9 Å². The van der Waals surface area contributed by atoms with Gasteiger partial charge in [0.25, 0.3) is 0 Å². The zero-order chi connectivity index (χ0) is 23.3. The summed E-state index contributed by atoms with van der Waals surface area (Å²) >= 11 is 0. The van der Waals surface area contributed by atoms with Crippen LogP contribution >= 0.6 is 0 Å². The van der Waals surface area contributed by atoms with Crippen molar-refractivity contribution >= 4 is 5.78 Å². The van der Waals surface area contributed by atoms with Crippen LogP contribution in [0.4, 0.5) is 0 Å². The highest BCUT2D eigenvalue weighted by Gasteiger charge is 2.69. The Hall–Kier alpha value is -0.450. The summed E-state index contributed by atoms with van der Waals surface area (Å²) in [5.74, 6) is 2.68. The molecule has 0 aromatic heterocycles. The Morgan fingerprint density at radius 3 is 2.38 bits per heavy atom. The van der Waals surface area contributed by atoms with E-state index in [-0.39, 0.29) is 34.1 Å². The standard InChI is InChI=1S/C28H46O4/c1-16(13-22(31)24-25(2,3)32-24)19-9-12-27(5)20(19)15-21(30)23-26(4)10-8-18(29)14-17(26)7-11-28(23,27)6/h16-17,19-24,30-31H,7-15H2,1-6H3. The molecule has 0 amide bonds. The number of rotatable bonds is 4. The molecular formula is C28H46O4. The Kier molecular flexibility index (Phi) is 5.30. The van der Waals surface area contributed by atoms with E-state index >= 15 is 0 Å². The number of hydrogen-bond acceptors (Lipinski definition) is 4. The normalized spacial score (nSPS) is 53.7. The highest BCUT2D eigenvalue weighted by molar-refractivity contribution is 5.79. The molecule has 11 unspecified atom stereocenters. The second kappa shape index (κ2) is 7.28. The van der Waals surface area contributed by atoms with Crippen LogP contribution in [0.25, 0.3) is 0 Å². The largest absolute Gasteiger partial charge is 0.393 e. The molecule has 0 bridgehead atoms. The smallest absolute Gasteiger partial charge is 0.133 e. The van der Waals surface area contributed by atoms with Gasteiger partial charge in [0.2, 0.25) is 0 Å². The van der Waals surface area contributed by atoms with Crippen molar-refractivity contribution in [2.24, 2.45) is 45.8 Å². The van der Waals surface area contributed by atoms with Gasteiger partial charge in [-0.15, -0.1) is 0 Å². The number of ketones is 1. The molecule has 5 rings (SSSR count). The van der Waals surface area contributed by atoms with E-state index in [4.69, 9.17) is 4.74 Å². The third kappa shape index (κ3) is 3.14. The third-order valence-corrected chi connectivity index (χ3v) is 12.0. The van der Waals surface area contributed by atoms with Crippen molar-refractivity contribution in [3.05, 3.63) is 0 Å². The van der Waals surface area contributed by atoms with Gasteiger partial charge in [0.15, 0.2) is 0 Å². The van der Waals surface area contributed by atoms with Crippen LogP contribution in [-0.2, 0) is 9.53 Å². The highest BCUT2D eigenvalue weighted by atomic mass is 16.6. The molecule has 5 fully saturated rings. The fourth-order valence-electron chi connectivity index (χ4n) is 9.99. The summed E-state index contributed by atoms with van der Waals surface area (Å²) in [4.78, 5) is 12.2. The summed E-state index contributed by atoms with van der Waals surface area (Å²) in [5, 5.41) is 22.5. The van der Waals surface area contributed by atoms with Crippen LogP contribution in [0.1, 0.15) is 99.3 Å². The minimum atomic E-state index is -0.391. The van der Waals surface area contributed by atoms with Crippen molar-refractivity contribution < 1.29 is 19.7 Å². The van der Waals surface area contributed by atoms with Gasteiger partial charge >= 0.3 is 0 Å². The van der Waals surface area contributed by atoms with Crippen LogP contribution in [0, 0.1) is 45.8 Å². The topological polar surface area (TPSA) is 70.1 Å². The van der Waals surface area contributed by atoms with Crippen molar-refractivity contribution in [3.8, 4) is 0 Å². The highest BCUT2D eigenvalue weighted by Crippen LogP contribution is 2.74. The molecule has 4 aliphatic carbocycles. The Labute approximate surface area is 194 Å². The van der Waals surface area contributed by atoms with Crippen molar-refractivity contribution in [2.75, 3.05) is 0 Å². The quantitative estimate of drug-likeness (QED) is 0.587. The summed E-state index contributed by atoms with van der Waals surface area (Å²) in [6, 6.07) is 0. The summed E-state index contributed by atoms with van der Waals surface area (Å²) in [6.07, 6.45) is 8.09. The maximum atomic E-state index is 12.2. The van der Waals surface area contributed by atoms with Crippen LogP contribution in [0.3, 0.4) is 0 Å². The first-order valence-corrected chi connectivity index (χ1v) is 13.4. The zero-order valence-corrected chi connectivity index (χ0v) is 21.2. The molecule has 0 radical (unpaired) electrons. The van der Waals surface area contributed by atoms with Gasteiger partial charge in [-0.3, -0.25) is 4.79 Å². The van der Waals surface area contributed by atoms with Crippen molar-refractivity contribution in [1.82, 2.24) is 0 Å². The maximum absolute atomic E-state index is 12.2. The van der Waals surface area contributed by atoms with Gasteiger partial charge in [-0.05, 0) is 105 Å². The maximum Gasteiger partial charge on any atom is 0.133 e. The van der Waals surface area contributed by atoms with Gasteiger partial charge in [-0.2, -0.15) is 0 Å². The van der Waals surface area contributed by atoms with Gasteiger partial charge in [-0.1, -0.05) is 27.7 Å². The average Bonchev–Trinajstić information content (AvgIpc) is 3.20. The van der Waals surface area contributed by atoms with Crippen LogP contribution in [0.2, 0.25) is 0 Å². The monoisotopic (exact) mass is 446 g/mol. The number of hydrogen-bond donors (Lipinski definition) is 2. The summed E-state index contributed by atoms with van der Waals surface area (Å²) in [7, 11) is 0. The molecule has 1 saturated heterocycles. The Morgan fingerprint density at radius 2 is 1.72 bits per heavy atom. The van der Waals surface area contributed by atoms with Crippen molar-refractivity contribution in [3.63, 3.8) is 0 Å². The van der Waals surface area contributed by atoms with E-state index < -0.39 is 6.10 Å². The summed E-state index contributed by atoms with van der Waals surface area (Å²) in [6.45, 7) is 13.9. The minimum Gasteiger partial charge on any atom is -0.393 e. The first-order valence-electron chi connectivity index (χ1n) is 13.4. The molecule has 2 N–H and O–H groups in total. The molecule has 4 saturated carbocycles. The van der Waals surface area contributed by atoms with Crippen molar-refractivity contribution in [2.45, 2.75) is 123 Å². The number of aliphatic hydroxyl groups is 2. The lowest BCUT2D eigenvalue weighted by Gasteiger charge is -2.68. The predicted molar refractivity (Wildman–Crippen MR) is 125 cm³/mol. The van der Waals surface area contributed by atoms with E-state index in [0.717, 1.165) is 38.5 Å². The number of carbonyl (C=O) groups is 1. The molecule has 32 heavy (non-hydrogen) atoms. The number of epoxide rings is 1. The summed E-state index contributed by atoms with van der Waals surface area (Å²) < 4.78 is 5.71. The minimum absolute atomic E-state index is 0.0270. The Bertz CT molecular complexity index is 777. The van der Waals surface area contributed by atoms with E-state index in [0.29, 0.717) is 41.8 Å². The molecular weight excluding hydrogens is 400 g/mol. The molecule has 4 nitrogen and oxygen atoms in total. The van der Waals surface area contributed by atoms with E-state index in [9.17, 15) is 15.0 Å². The predicted octanol–water partition coefficient (Wildman–Crippen LogP) is 5.14. The molecule has 0 aromatic rings. The molecule has 11 atom stereocenters. The second-order valence-electron chi connectivity index (χ2n) is 13.8. The Balaban J connectivity index is 1.38. The van der Waals surface area contributed by atoms with Gasteiger partial charge in [-0.25, -0.2) is 0 Å². The average molecular weight is 447 g/mol. The zero-order valence-electron chi connectivity index (χ0n) is 21.2. The number of Topliss-reactive ketones (excluding diaryl/α,β-unsaturated/α-hetero) is 1. The molecule has 1 heterocycles. The lowest BCUT2D eigenvalue weighted by atomic mass is 9.37. The lowest BCUT2D eigenvalue weighted by molar-refractivity contribution is -0.224. The van der Waals surface area contributed by atoms with Gasteiger partial charge in [0.05, 0.1) is 17.8 Å². The number of ether oxygens (including phenoxy) is 1. The van der Waals surface area contributed by atoms with Crippen LogP contribution in [0.5, 0.6) is 0 Å². The summed E-state index contributed by atoms with van der Waals surface area (Å²) in [5.41, 5.74) is 0.255. The van der Waals surface area contributed by atoms with E-state index in [1.54, 1.807) is 0 Å². The number of aliphatic hydroxyl groups excluding tert-OH is 2. The van der Waals surface area contributed by atoms with Crippen LogP contribution in [-0.4, -0.2) is 39.9 Å². The first-order chi connectivity index (χ1) is 14.8. The lowest BCUT2D eigenvalue weighted by Crippen LogP contribution is -2.64. The van der Waals surface area contributed by atoms with E-state index in [1.165, 1.54) is 12.8 Å². The molecule has 0 spiro atoms. The molecule has 1 aliphatic heterocycles. The van der Waals surface area contributed by atoms with Gasteiger partial charge in [0.1, 0.15) is 11.9 Å². The molecule has 0 aromatic carbocycles. The van der Waals surface area contributed by atoms with Gasteiger partial charge in [0, 0.05) is 12.8 Å². The fourth-order valence-corrected chi connectivity index (χ4v) is 9.99. The van der Waals surface area contributed by atoms with Crippen molar-refractivity contribution in [1.29, 1.82) is 0 Å². The van der Waals surface area contributed by atoms with Crippen LogP contribution < -0.4 is 0 Å². The fraction of sp³-hybridized carbons (Fsp3) is 0.964. The molecule has 5 aliphatic rings. The SMILES string of the molecule is CC(CC(O)C1OC1(C)C)C1CCC2(C)C1CC(O)C1C3(C)CCC(=O)CC3CCC12C. The molecule has 4 heteroatoms. The first kappa shape index (κ1) is 23.3.